The summed E-state index contributed by atoms with van der Waals surface area (Å²) < 4.78 is 16.9. The zero-order chi connectivity index (χ0) is 21.7. The summed E-state index contributed by atoms with van der Waals surface area (Å²) >= 11 is 0. The summed E-state index contributed by atoms with van der Waals surface area (Å²) in [7, 11) is 0. The van der Waals surface area contributed by atoms with Gasteiger partial charge in [-0.25, -0.2) is 4.79 Å². The van der Waals surface area contributed by atoms with E-state index in [2.05, 4.69) is 22.4 Å². The van der Waals surface area contributed by atoms with Crippen molar-refractivity contribution in [3.63, 3.8) is 0 Å². The third-order valence-corrected chi connectivity index (χ3v) is 5.56. The zero-order valence-electron chi connectivity index (χ0n) is 17.7. The van der Waals surface area contributed by atoms with Gasteiger partial charge in [-0.1, -0.05) is 30.4 Å². The van der Waals surface area contributed by atoms with Crippen molar-refractivity contribution in [1.82, 2.24) is 4.90 Å². The highest BCUT2D eigenvalue weighted by Crippen LogP contribution is 2.37. The van der Waals surface area contributed by atoms with Crippen LogP contribution in [-0.4, -0.2) is 62.0 Å². The van der Waals surface area contributed by atoms with E-state index in [4.69, 9.17) is 14.2 Å². The minimum Gasteiger partial charge on any atom is -0.478 e. The molecule has 0 bridgehead atoms. The Bertz CT molecular complexity index is 929. The van der Waals surface area contributed by atoms with Gasteiger partial charge in [0.2, 0.25) is 0 Å². The summed E-state index contributed by atoms with van der Waals surface area (Å²) in [5.41, 5.74) is 3.59. The number of carboxylic acids is 1. The average Bonchev–Trinajstić information content (AvgIpc) is 3.23. The first-order valence-corrected chi connectivity index (χ1v) is 10.5. The Hall–Kier alpha value is -2.71. The van der Waals surface area contributed by atoms with Crippen LogP contribution in [0.5, 0.6) is 0 Å². The number of aromatic carboxylic acids is 1. The van der Waals surface area contributed by atoms with Crippen molar-refractivity contribution in [2.24, 2.45) is 0 Å². The number of hydrogen-bond donors (Lipinski definition) is 2. The minimum absolute atomic E-state index is 0.204. The van der Waals surface area contributed by atoms with Gasteiger partial charge in [-0.05, 0) is 36.8 Å². The topological polar surface area (TPSA) is 80.3 Å². The molecule has 2 heterocycles. The van der Waals surface area contributed by atoms with E-state index in [-0.39, 0.29) is 5.56 Å². The third kappa shape index (κ3) is 5.32. The normalized spacial score (nSPS) is 19.0. The van der Waals surface area contributed by atoms with Gasteiger partial charge in [0.25, 0.3) is 0 Å². The summed E-state index contributed by atoms with van der Waals surface area (Å²) in [5.74, 6) is -1.88. The maximum atomic E-state index is 11.5. The van der Waals surface area contributed by atoms with Crippen LogP contribution in [0.4, 0.5) is 11.4 Å². The number of morpholine rings is 1. The number of carboxylic acid groups (broad SMARTS) is 1. The van der Waals surface area contributed by atoms with Gasteiger partial charge in [0.1, 0.15) is 0 Å². The van der Waals surface area contributed by atoms with Crippen LogP contribution in [0.25, 0.3) is 6.08 Å². The SMILES string of the molecule is CC1(c2ccc(C(=O)O)cc2Nc2ccc(C=CCN3CCOCC3)cc2)OCCO1. The molecule has 0 amide bonds. The van der Waals surface area contributed by atoms with E-state index in [0.29, 0.717) is 18.9 Å². The molecule has 2 N–H and O–H groups in total. The first-order chi connectivity index (χ1) is 15.0. The molecule has 0 aromatic heterocycles. The number of benzene rings is 2. The molecule has 2 aliphatic rings. The Labute approximate surface area is 182 Å². The fourth-order valence-corrected chi connectivity index (χ4v) is 3.80. The number of nitrogens with zero attached hydrogens (tertiary/aromatic N) is 1. The van der Waals surface area contributed by atoms with Gasteiger partial charge in [-0.3, -0.25) is 4.90 Å². The number of nitrogens with one attached hydrogen (secondary N) is 1. The Morgan fingerprint density at radius 3 is 2.48 bits per heavy atom. The van der Waals surface area contributed by atoms with Crippen molar-refractivity contribution < 1.29 is 24.1 Å². The highest BCUT2D eigenvalue weighted by atomic mass is 16.7. The molecule has 31 heavy (non-hydrogen) atoms. The van der Waals surface area contributed by atoms with E-state index in [0.717, 1.165) is 49.7 Å². The quantitative estimate of drug-likeness (QED) is 0.702. The first-order valence-electron chi connectivity index (χ1n) is 10.5. The van der Waals surface area contributed by atoms with Gasteiger partial charge in [0, 0.05) is 36.6 Å². The fourth-order valence-electron chi connectivity index (χ4n) is 3.80. The maximum Gasteiger partial charge on any atom is 0.335 e. The van der Waals surface area contributed by atoms with Gasteiger partial charge in [0.15, 0.2) is 5.79 Å². The average molecular weight is 424 g/mol. The molecule has 2 aliphatic heterocycles. The number of rotatable bonds is 7. The van der Waals surface area contributed by atoms with Crippen LogP contribution in [-0.2, 0) is 20.0 Å². The summed E-state index contributed by atoms with van der Waals surface area (Å²) in [6.07, 6.45) is 4.27. The van der Waals surface area contributed by atoms with Crippen molar-refractivity contribution >= 4 is 23.4 Å². The minimum atomic E-state index is -0.978. The van der Waals surface area contributed by atoms with Crippen LogP contribution in [0, 0.1) is 0 Å². The van der Waals surface area contributed by atoms with Gasteiger partial charge in [-0.15, -0.1) is 0 Å². The second-order valence-electron chi connectivity index (χ2n) is 7.77. The van der Waals surface area contributed by atoms with Crippen LogP contribution >= 0.6 is 0 Å². The summed E-state index contributed by atoms with van der Waals surface area (Å²) in [5, 5.41) is 12.7. The largest absolute Gasteiger partial charge is 0.478 e. The second kappa shape index (κ2) is 9.62. The monoisotopic (exact) mass is 424 g/mol. The van der Waals surface area contributed by atoms with E-state index in [1.165, 1.54) is 0 Å². The Kier molecular flexibility index (Phi) is 6.67. The molecular formula is C24H28N2O5. The van der Waals surface area contributed by atoms with Crippen molar-refractivity contribution in [1.29, 1.82) is 0 Å². The highest BCUT2D eigenvalue weighted by molar-refractivity contribution is 5.89. The number of hydrogen-bond acceptors (Lipinski definition) is 6. The van der Waals surface area contributed by atoms with E-state index in [1.54, 1.807) is 18.2 Å². The standard InChI is InChI=1S/C24H28N2O5/c1-24(30-15-16-31-24)21-9-6-19(23(27)28)17-22(21)25-20-7-4-18(5-8-20)3-2-10-26-11-13-29-14-12-26/h2-9,17,25H,10-16H2,1H3,(H,27,28). The molecule has 7 nitrogen and oxygen atoms in total. The van der Waals surface area contributed by atoms with Crippen LogP contribution in [0.3, 0.4) is 0 Å². The molecule has 0 spiro atoms. The van der Waals surface area contributed by atoms with Crippen LogP contribution in [0.1, 0.15) is 28.4 Å². The molecule has 0 unspecified atom stereocenters. The van der Waals surface area contributed by atoms with Gasteiger partial charge < -0.3 is 24.6 Å². The lowest BCUT2D eigenvalue weighted by Crippen LogP contribution is -2.36. The third-order valence-electron chi connectivity index (χ3n) is 5.56. The van der Waals surface area contributed by atoms with E-state index in [1.807, 2.05) is 31.2 Å². The molecule has 164 valence electrons. The first kappa shape index (κ1) is 21.5. The fraction of sp³-hybridized carbons (Fsp3) is 0.375. The molecule has 2 saturated heterocycles. The molecule has 2 aromatic carbocycles. The van der Waals surface area contributed by atoms with E-state index in [9.17, 15) is 9.90 Å². The van der Waals surface area contributed by atoms with Crippen LogP contribution in [0.2, 0.25) is 0 Å². The molecule has 0 aliphatic carbocycles. The van der Waals surface area contributed by atoms with Crippen molar-refractivity contribution in [2.75, 3.05) is 51.4 Å². The molecular weight excluding hydrogens is 396 g/mol. The number of anilines is 2. The molecule has 4 rings (SSSR count). The van der Waals surface area contributed by atoms with Gasteiger partial charge >= 0.3 is 5.97 Å². The molecule has 0 saturated carbocycles. The van der Waals surface area contributed by atoms with E-state index < -0.39 is 11.8 Å². The molecule has 2 aromatic rings. The van der Waals surface area contributed by atoms with Gasteiger partial charge in [-0.2, -0.15) is 0 Å². The van der Waals surface area contributed by atoms with Crippen LogP contribution in [0.15, 0.2) is 48.5 Å². The van der Waals surface area contributed by atoms with Crippen molar-refractivity contribution in [3.8, 4) is 0 Å². The molecule has 0 radical (unpaired) electrons. The van der Waals surface area contributed by atoms with Crippen molar-refractivity contribution in [2.45, 2.75) is 12.7 Å². The Balaban J connectivity index is 1.48. The highest BCUT2D eigenvalue weighted by Gasteiger charge is 2.35. The predicted molar refractivity (Wildman–Crippen MR) is 119 cm³/mol. The van der Waals surface area contributed by atoms with Gasteiger partial charge in [0.05, 0.1) is 32.0 Å². The lowest BCUT2D eigenvalue weighted by atomic mass is 10.0. The molecule has 7 heteroatoms. The summed E-state index contributed by atoms with van der Waals surface area (Å²) in [6.45, 7) is 7.30. The molecule has 2 fully saturated rings. The Morgan fingerprint density at radius 1 is 1.10 bits per heavy atom. The van der Waals surface area contributed by atoms with Crippen molar-refractivity contribution in [3.05, 3.63) is 65.2 Å². The lowest BCUT2D eigenvalue weighted by Gasteiger charge is -2.26. The second-order valence-corrected chi connectivity index (χ2v) is 7.77. The predicted octanol–water partition coefficient (Wildman–Crippen LogP) is 3.69. The van der Waals surface area contributed by atoms with E-state index >= 15 is 0 Å². The summed E-state index contributed by atoms with van der Waals surface area (Å²) in [6, 6.07) is 13.0. The van der Waals surface area contributed by atoms with Crippen LogP contribution < -0.4 is 5.32 Å². The maximum absolute atomic E-state index is 11.5. The zero-order valence-corrected chi connectivity index (χ0v) is 17.7. The lowest BCUT2D eigenvalue weighted by molar-refractivity contribution is -0.149. The summed E-state index contributed by atoms with van der Waals surface area (Å²) in [4.78, 5) is 13.8. The smallest absolute Gasteiger partial charge is 0.335 e. The number of carbonyl (C=O) groups is 1. The number of ether oxygens (including phenoxy) is 3. The Morgan fingerprint density at radius 2 is 1.81 bits per heavy atom. The molecule has 0 atom stereocenters.